The number of thiocarbonyl (C=S) groups is 1. The Kier molecular flexibility index (Phi) is 5.34. The summed E-state index contributed by atoms with van der Waals surface area (Å²) in [5.74, 6) is -0.939. The van der Waals surface area contributed by atoms with Crippen LogP contribution in [0.4, 0.5) is 5.69 Å². The molecule has 1 N–H and O–H groups in total. The van der Waals surface area contributed by atoms with Crippen LogP contribution in [0.15, 0.2) is 72.4 Å². The average molecular weight is 467 g/mol. The first-order chi connectivity index (χ1) is 16.3. The minimum atomic E-state index is -0.499. The molecule has 168 valence electrons. The van der Waals surface area contributed by atoms with Crippen LogP contribution in [-0.4, -0.2) is 26.5 Å². The van der Waals surface area contributed by atoms with Crippen LogP contribution in [0.5, 0.6) is 0 Å². The van der Waals surface area contributed by atoms with Crippen molar-refractivity contribution in [2.45, 2.75) is 20.8 Å². The van der Waals surface area contributed by atoms with Gasteiger partial charge in [0.15, 0.2) is 5.11 Å². The normalized spacial score (nSPS) is 15.3. The number of para-hydroxylation sites is 1. The summed E-state index contributed by atoms with van der Waals surface area (Å²) in [6.45, 7) is 5.87. The third kappa shape index (κ3) is 3.60. The summed E-state index contributed by atoms with van der Waals surface area (Å²) in [5, 5.41) is 3.78. The molecule has 0 aliphatic carbocycles. The van der Waals surface area contributed by atoms with E-state index in [1.54, 1.807) is 12.3 Å². The highest BCUT2D eigenvalue weighted by Crippen LogP contribution is 2.28. The first-order valence-electron chi connectivity index (χ1n) is 10.9. The maximum atomic E-state index is 13.4. The number of carbonyl (C=O) groups excluding carboxylic acids is 2. The van der Waals surface area contributed by atoms with Gasteiger partial charge in [-0.25, -0.2) is 0 Å². The summed E-state index contributed by atoms with van der Waals surface area (Å²) < 4.78 is 2.10. The molecular weight excluding hydrogens is 444 g/mol. The molecule has 6 nitrogen and oxygen atoms in total. The minimum Gasteiger partial charge on any atom is -0.318 e. The van der Waals surface area contributed by atoms with Crippen LogP contribution in [0.1, 0.15) is 22.5 Å². The molecule has 0 saturated carbocycles. The van der Waals surface area contributed by atoms with Gasteiger partial charge in [0, 0.05) is 28.7 Å². The number of nitrogens with one attached hydrogen (secondary N) is 1. The molecule has 0 radical (unpaired) electrons. The summed E-state index contributed by atoms with van der Waals surface area (Å²) in [5.41, 5.74) is 6.19. The lowest BCUT2D eigenvalue weighted by atomic mass is 10.1. The molecule has 7 heteroatoms. The van der Waals surface area contributed by atoms with E-state index in [9.17, 15) is 9.59 Å². The Morgan fingerprint density at radius 2 is 1.76 bits per heavy atom. The lowest BCUT2D eigenvalue weighted by molar-refractivity contribution is -0.122. The van der Waals surface area contributed by atoms with Gasteiger partial charge in [0.2, 0.25) is 0 Å². The van der Waals surface area contributed by atoms with E-state index in [-0.39, 0.29) is 10.7 Å². The number of hydrogen-bond donors (Lipinski definition) is 1. The van der Waals surface area contributed by atoms with E-state index < -0.39 is 11.8 Å². The van der Waals surface area contributed by atoms with Gasteiger partial charge >= 0.3 is 0 Å². The molecule has 0 bridgehead atoms. The van der Waals surface area contributed by atoms with Gasteiger partial charge < -0.3 is 4.57 Å². The van der Waals surface area contributed by atoms with Crippen LogP contribution < -0.4 is 10.2 Å². The molecule has 2 amide bonds. The zero-order chi connectivity index (χ0) is 24.0. The molecule has 0 atom stereocenters. The standard InChI is InChI=1S/C27H22N4O2S/c1-16-7-4-5-9-24(16)31-26(33)22(25(32)29-27(31)34)15-20-13-17(2)30(18(20)3)21-10-11-23-19(14-21)8-6-12-28-23/h4-15H,1-3H3,(H,29,32,34)/b22-15+. The van der Waals surface area contributed by atoms with Crippen molar-refractivity contribution in [3.8, 4) is 5.69 Å². The summed E-state index contributed by atoms with van der Waals surface area (Å²) in [6, 6.07) is 19.4. The molecule has 3 heterocycles. The quantitative estimate of drug-likeness (QED) is 0.268. The van der Waals surface area contributed by atoms with E-state index in [2.05, 4.69) is 20.9 Å². The number of carbonyl (C=O) groups is 2. The van der Waals surface area contributed by atoms with Crippen LogP contribution in [0, 0.1) is 20.8 Å². The van der Waals surface area contributed by atoms with Gasteiger partial charge in [0.25, 0.3) is 11.8 Å². The molecule has 1 aliphatic rings. The number of aromatic nitrogens is 2. The summed E-state index contributed by atoms with van der Waals surface area (Å²) in [6.07, 6.45) is 3.42. The fraction of sp³-hybridized carbons (Fsp3) is 0.111. The lowest BCUT2D eigenvalue weighted by Crippen LogP contribution is -2.54. The van der Waals surface area contributed by atoms with Crippen molar-refractivity contribution in [1.82, 2.24) is 14.9 Å². The molecule has 1 saturated heterocycles. The van der Waals surface area contributed by atoms with Crippen molar-refractivity contribution in [3.63, 3.8) is 0 Å². The lowest BCUT2D eigenvalue weighted by Gasteiger charge is -2.30. The molecule has 34 heavy (non-hydrogen) atoms. The zero-order valence-corrected chi connectivity index (χ0v) is 19.8. The van der Waals surface area contributed by atoms with Gasteiger partial charge in [-0.1, -0.05) is 24.3 Å². The zero-order valence-electron chi connectivity index (χ0n) is 19.0. The maximum Gasteiger partial charge on any atom is 0.270 e. The first kappa shape index (κ1) is 21.7. The smallest absolute Gasteiger partial charge is 0.270 e. The Balaban J connectivity index is 1.57. The van der Waals surface area contributed by atoms with Crippen molar-refractivity contribution in [3.05, 3.63) is 94.9 Å². The topological polar surface area (TPSA) is 67.2 Å². The van der Waals surface area contributed by atoms with E-state index in [0.717, 1.165) is 39.1 Å². The Labute approximate surface area is 202 Å². The molecule has 4 aromatic rings. The number of benzene rings is 2. The number of hydrogen-bond acceptors (Lipinski definition) is 4. The number of fused-ring (bicyclic) bond motifs is 1. The van der Waals surface area contributed by atoms with Gasteiger partial charge in [-0.2, -0.15) is 0 Å². The van der Waals surface area contributed by atoms with E-state index in [1.165, 1.54) is 4.90 Å². The van der Waals surface area contributed by atoms with Crippen LogP contribution in [0.3, 0.4) is 0 Å². The SMILES string of the molecule is Cc1ccccc1N1C(=O)/C(=C/c2cc(C)n(-c3ccc4ncccc4c3)c2C)C(=O)NC1=S. The van der Waals surface area contributed by atoms with E-state index in [4.69, 9.17) is 12.2 Å². The van der Waals surface area contributed by atoms with E-state index in [1.807, 2.05) is 75.4 Å². The van der Waals surface area contributed by atoms with Crippen molar-refractivity contribution in [2.24, 2.45) is 0 Å². The van der Waals surface area contributed by atoms with Crippen LogP contribution >= 0.6 is 12.2 Å². The molecular formula is C27H22N4O2S. The summed E-state index contributed by atoms with van der Waals surface area (Å²) in [4.78, 5) is 32.0. The molecule has 0 spiro atoms. The highest BCUT2D eigenvalue weighted by molar-refractivity contribution is 7.80. The third-order valence-corrected chi connectivity index (χ3v) is 6.36. The van der Waals surface area contributed by atoms with Crippen molar-refractivity contribution in [2.75, 3.05) is 4.90 Å². The second-order valence-corrected chi connectivity index (χ2v) is 8.67. The minimum absolute atomic E-state index is 0.0415. The molecule has 2 aromatic heterocycles. The molecule has 0 unspecified atom stereocenters. The summed E-state index contributed by atoms with van der Waals surface area (Å²) >= 11 is 5.33. The average Bonchev–Trinajstić information content (AvgIpc) is 3.10. The van der Waals surface area contributed by atoms with Crippen LogP contribution in [-0.2, 0) is 9.59 Å². The van der Waals surface area contributed by atoms with Gasteiger partial charge in [0.05, 0.1) is 11.2 Å². The van der Waals surface area contributed by atoms with E-state index >= 15 is 0 Å². The largest absolute Gasteiger partial charge is 0.318 e. The molecule has 5 rings (SSSR count). The Bertz CT molecular complexity index is 1530. The van der Waals surface area contributed by atoms with E-state index in [0.29, 0.717) is 5.69 Å². The number of aryl methyl sites for hydroxylation is 2. The van der Waals surface area contributed by atoms with Crippen LogP contribution in [0.2, 0.25) is 0 Å². The second kappa shape index (κ2) is 8.35. The first-order valence-corrected chi connectivity index (χ1v) is 11.3. The fourth-order valence-electron chi connectivity index (χ4n) is 4.38. The van der Waals surface area contributed by atoms with Gasteiger partial charge in [0.1, 0.15) is 5.57 Å². The second-order valence-electron chi connectivity index (χ2n) is 8.29. The van der Waals surface area contributed by atoms with Crippen molar-refractivity contribution >= 4 is 51.8 Å². The summed E-state index contributed by atoms with van der Waals surface area (Å²) in [7, 11) is 0. The monoisotopic (exact) mass is 466 g/mol. The van der Waals surface area contributed by atoms with Crippen molar-refractivity contribution < 1.29 is 9.59 Å². The maximum absolute atomic E-state index is 13.4. The van der Waals surface area contributed by atoms with Gasteiger partial charge in [-0.15, -0.1) is 0 Å². The number of pyridine rings is 1. The fourth-order valence-corrected chi connectivity index (χ4v) is 4.65. The van der Waals surface area contributed by atoms with Crippen molar-refractivity contribution in [1.29, 1.82) is 0 Å². The number of nitrogens with zero attached hydrogens (tertiary/aromatic N) is 3. The Morgan fingerprint density at radius 1 is 0.971 bits per heavy atom. The van der Waals surface area contributed by atoms with Crippen LogP contribution in [0.25, 0.3) is 22.7 Å². The number of anilines is 1. The Morgan fingerprint density at radius 3 is 2.56 bits per heavy atom. The molecule has 1 fully saturated rings. The number of amides is 2. The Hall–Kier alpha value is -4.10. The van der Waals surface area contributed by atoms with Gasteiger partial charge in [-0.3, -0.25) is 24.8 Å². The predicted octanol–water partition coefficient (Wildman–Crippen LogP) is 4.78. The van der Waals surface area contributed by atoms with Gasteiger partial charge in [-0.05, 0) is 86.6 Å². The molecule has 2 aromatic carbocycles. The number of rotatable bonds is 3. The third-order valence-electron chi connectivity index (χ3n) is 6.07. The predicted molar refractivity (Wildman–Crippen MR) is 138 cm³/mol. The highest BCUT2D eigenvalue weighted by Gasteiger charge is 2.35. The highest BCUT2D eigenvalue weighted by atomic mass is 32.1. The molecule has 1 aliphatic heterocycles.